The largest absolute Gasteiger partial charge is 0.332 e. The van der Waals surface area contributed by atoms with E-state index >= 15 is 0 Å². The minimum Gasteiger partial charge on any atom is -0.332 e. The Labute approximate surface area is 74.7 Å². The van der Waals surface area contributed by atoms with Crippen LogP contribution in [0.15, 0.2) is 16.9 Å². The summed E-state index contributed by atoms with van der Waals surface area (Å²) in [5, 5.41) is 0. The molecular formula is C7H3BrF2N2. The van der Waals surface area contributed by atoms with Crippen LogP contribution in [0.25, 0.3) is 11.0 Å². The lowest BCUT2D eigenvalue weighted by Crippen LogP contribution is -1.82. The van der Waals surface area contributed by atoms with Gasteiger partial charge in [-0.25, -0.2) is 13.8 Å². The molecule has 0 amide bonds. The van der Waals surface area contributed by atoms with Crippen LogP contribution >= 0.6 is 15.9 Å². The average Bonchev–Trinajstić information content (AvgIpc) is 2.30. The lowest BCUT2D eigenvalue weighted by atomic mass is 10.3. The van der Waals surface area contributed by atoms with E-state index in [1.54, 1.807) is 0 Å². The molecule has 2 nitrogen and oxygen atoms in total. The lowest BCUT2D eigenvalue weighted by molar-refractivity contribution is 0.510. The second kappa shape index (κ2) is 2.52. The lowest BCUT2D eigenvalue weighted by Gasteiger charge is -1.90. The van der Waals surface area contributed by atoms with Crippen molar-refractivity contribution in [1.82, 2.24) is 9.97 Å². The normalized spacial score (nSPS) is 10.9. The number of hydrogen-bond donors (Lipinski definition) is 1. The van der Waals surface area contributed by atoms with Crippen molar-refractivity contribution in [2.45, 2.75) is 0 Å². The van der Waals surface area contributed by atoms with Gasteiger partial charge in [-0.3, -0.25) is 0 Å². The van der Waals surface area contributed by atoms with Gasteiger partial charge in [0, 0.05) is 12.1 Å². The summed E-state index contributed by atoms with van der Waals surface area (Å²) in [4.78, 5) is 6.59. The number of nitrogens with one attached hydrogen (secondary N) is 1. The molecule has 0 aliphatic heterocycles. The zero-order valence-electron chi connectivity index (χ0n) is 5.74. The van der Waals surface area contributed by atoms with Crippen LogP contribution in [0.4, 0.5) is 8.78 Å². The van der Waals surface area contributed by atoms with Crippen molar-refractivity contribution in [3.8, 4) is 0 Å². The Kier molecular flexibility index (Phi) is 1.61. The molecule has 5 heteroatoms. The number of rotatable bonds is 0. The molecule has 1 heterocycles. The smallest absolute Gasteiger partial charge is 0.175 e. The number of aromatic nitrogens is 2. The number of aromatic amines is 1. The molecule has 0 fully saturated rings. The number of halogens is 3. The van der Waals surface area contributed by atoms with E-state index in [9.17, 15) is 8.78 Å². The molecule has 0 atom stereocenters. The van der Waals surface area contributed by atoms with Crippen molar-refractivity contribution in [2.24, 2.45) is 0 Å². The maximum atomic E-state index is 12.6. The summed E-state index contributed by atoms with van der Waals surface area (Å²) in [5.74, 6) is -1.76. The Morgan fingerprint density at radius 3 is 2.67 bits per heavy atom. The van der Waals surface area contributed by atoms with Gasteiger partial charge in [0.1, 0.15) is 0 Å². The molecule has 0 radical (unpaired) electrons. The van der Waals surface area contributed by atoms with Crippen molar-refractivity contribution in [2.75, 3.05) is 0 Å². The molecule has 0 bridgehead atoms. The third-order valence-electron chi connectivity index (χ3n) is 1.50. The van der Waals surface area contributed by atoms with E-state index in [1.807, 2.05) is 0 Å². The molecule has 12 heavy (non-hydrogen) atoms. The van der Waals surface area contributed by atoms with Gasteiger partial charge in [-0.15, -0.1) is 0 Å². The summed E-state index contributed by atoms with van der Waals surface area (Å²) in [6.07, 6.45) is 0. The third-order valence-corrected chi connectivity index (χ3v) is 1.87. The first-order valence-corrected chi connectivity index (χ1v) is 3.96. The fourth-order valence-corrected chi connectivity index (χ4v) is 1.38. The zero-order valence-corrected chi connectivity index (χ0v) is 7.32. The highest BCUT2D eigenvalue weighted by Gasteiger charge is 2.06. The molecule has 0 spiro atoms. The topological polar surface area (TPSA) is 28.7 Å². The van der Waals surface area contributed by atoms with E-state index in [2.05, 4.69) is 25.9 Å². The summed E-state index contributed by atoms with van der Waals surface area (Å²) in [7, 11) is 0. The number of fused-ring (bicyclic) bond motifs is 1. The van der Waals surface area contributed by atoms with Crippen molar-refractivity contribution < 1.29 is 8.78 Å². The highest BCUT2D eigenvalue weighted by Crippen LogP contribution is 2.18. The first-order valence-electron chi connectivity index (χ1n) is 3.17. The monoisotopic (exact) mass is 232 g/mol. The second-order valence-electron chi connectivity index (χ2n) is 2.31. The fourth-order valence-electron chi connectivity index (χ4n) is 0.974. The van der Waals surface area contributed by atoms with E-state index in [1.165, 1.54) is 0 Å². The van der Waals surface area contributed by atoms with Crippen LogP contribution in [0.5, 0.6) is 0 Å². The van der Waals surface area contributed by atoms with Crippen LogP contribution < -0.4 is 0 Å². The van der Waals surface area contributed by atoms with E-state index in [4.69, 9.17) is 0 Å². The molecule has 0 aliphatic rings. The number of H-pyrrole nitrogens is 1. The van der Waals surface area contributed by atoms with Gasteiger partial charge in [-0.1, -0.05) is 0 Å². The Morgan fingerprint density at radius 1 is 1.25 bits per heavy atom. The molecule has 1 aromatic heterocycles. The third kappa shape index (κ3) is 1.10. The average molecular weight is 233 g/mol. The van der Waals surface area contributed by atoms with Gasteiger partial charge in [0.15, 0.2) is 16.4 Å². The quantitative estimate of drug-likeness (QED) is 0.744. The summed E-state index contributed by atoms with van der Waals surface area (Å²) < 4.78 is 25.7. The van der Waals surface area contributed by atoms with E-state index < -0.39 is 11.6 Å². The van der Waals surface area contributed by atoms with Crippen LogP contribution in [0.3, 0.4) is 0 Å². The van der Waals surface area contributed by atoms with E-state index in [-0.39, 0.29) is 0 Å². The molecule has 2 aromatic rings. The van der Waals surface area contributed by atoms with Gasteiger partial charge < -0.3 is 4.98 Å². The standard InChI is InChI=1S/C7H3BrF2N2/c8-7-11-5-1-3(9)4(10)2-6(5)12-7/h1-2H,(H,11,12). The van der Waals surface area contributed by atoms with Gasteiger partial charge in [0.2, 0.25) is 0 Å². The maximum absolute atomic E-state index is 12.6. The molecular weight excluding hydrogens is 230 g/mol. The number of benzene rings is 1. The zero-order chi connectivity index (χ0) is 8.72. The van der Waals surface area contributed by atoms with Crippen molar-refractivity contribution in [3.63, 3.8) is 0 Å². The molecule has 0 saturated heterocycles. The highest BCUT2D eigenvalue weighted by molar-refractivity contribution is 9.10. The Hall–Kier alpha value is -0.970. The Balaban J connectivity index is 2.83. The Morgan fingerprint density at radius 2 is 1.92 bits per heavy atom. The first kappa shape index (κ1) is 7.67. The predicted molar refractivity (Wildman–Crippen MR) is 43.7 cm³/mol. The number of imidazole rings is 1. The van der Waals surface area contributed by atoms with Crippen LogP contribution in [0.2, 0.25) is 0 Å². The minimum absolute atomic E-state index is 0.403. The fraction of sp³-hybridized carbons (Fsp3) is 0. The van der Waals surface area contributed by atoms with Crippen molar-refractivity contribution >= 4 is 27.0 Å². The van der Waals surface area contributed by atoms with E-state index in [0.29, 0.717) is 15.8 Å². The molecule has 1 aromatic carbocycles. The van der Waals surface area contributed by atoms with Crippen LogP contribution in [0.1, 0.15) is 0 Å². The molecule has 0 aliphatic carbocycles. The summed E-state index contributed by atoms with van der Waals surface area (Å²) >= 11 is 3.06. The molecule has 0 unspecified atom stereocenters. The number of hydrogen-bond acceptors (Lipinski definition) is 1. The molecule has 62 valence electrons. The SMILES string of the molecule is Fc1cc2nc(Br)[nH]c2cc1F. The van der Waals surface area contributed by atoms with Crippen LogP contribution in [0, 0.1) is 11.6 Å². The second-order valence-corrected chi connectivity index (χ2v) is 3.06. The van der Waals surface area contributed by atoms with Gasteiger partial charge in [-0.2, -0.15) is 0 Å². The molecule has 1 N–H and O–H groups in total. The summed E-state index contributed by atoms with van der Waals surface area (Å²) in [6, 6.07) is 2.12. The molecule has 2 rings (SSSR count). The first-order chi connectivity index (χ1) is 5.66. The van der Waals surface area contributed by atoms with Crippen molar-refractivity contribution in [1.29, 1.82) is 0 Å². The van der Waals surface area contributed by atoms with Crippen LogP contribution in [-0.4, -0.2) is 9.97 Å². The molecule has 0 saturated carbocycles. The van der Waals surface area contributed by atoms with Gasteiger partial charge >= 0.3 is 0 Å². The van der Waals surface area contributed by atoms with Gasteiger partial charge in [0.25, 0.3) is 0 Å². The van der Waals surface area contributed by atoms with Crippen LogP contribution in [-0.2, 0) is 0 Å². The predicted octanol–water partition coefficient (Wildman–Crippen LogP) is 2.60. The Bertz CT molecular complexity index is 399. The minimum atomic E-state index is -0.887. The van der Waals surface area contributed by atoms with Gasteiger partial charge in [0.05, 0.1) is 11.0 Å². The van der Waals surface area contributed by atoms with Crippen molar-refractivity contribution in [3.05, 3.63) is 28.5 Å². The maximum Gasteiger partial charge on any atom is 0.175 e. The van der Waals surface area contributed by atoms with Gasteiger partial charge in [-0.05, 0) is 15.9 Å². The summed E-state index contributed by atoms with van der Waals surface area (Å²) in [5.41, 5.74) is 0.876. The number of nitrogens with zero attached hydrogens (tertiary/aromatic N) is 1. The highest BCUT2D eigenvalue weighted by atomic mass is 79.9. The van der Waals surface area contributed by atoms with E-state index in [0.717, 1.165) is 12.1 Å². The summed E-state index contributed by atoms with van der Waals surface area (Å²) in [6.45, 7) is 0.